The molecule has 0 unspecified atom stereocenters. The topological polar surface area (TPSA) is 59.9 Å². The summed E-state index contributed by atoms with van der Waals surface area (Å²) in [6.45, 7) is -0.193. The second-order valence-electron chi connectivity index (χ2n) is 6.96. The third kappa shape index (κ3) is 6.98. The van der Waals surface area contributed by atoms with Gasteiger partial charge in [-0.3, -0.25) is 4.79 Å². The third-order valence-corrected chi connectivity index (χ3v) is 5.52. The number of hydrogen-bond acceptors (Lipinski definition) is 5. The minimum Gasteiger partial charge on any atom is -0.457 e. The largest absolute Gasteiger partial charge is 0.457 e. The van der Waals surface area contributed by atoms with Crippen LogP contribution < -0.4 is 10.1 Å². The molecule has 4 aromatic carbocycles. The second-order valence-corrected chi connectivity index (χ2v) is 8.07. The number of amides is 1. The second kappa shape index (κ2) is 11.5. The number of rotatable bonds is 9. The number of oxime groups is 1. The van der Waals surface area contributed by atoms with E-state index in [0.717, 1.165) is 26.8 Å². The van der Waals surface area contributed by atoms with E-state index < -0.39 is 0 Å². The van der Waals surface area contributed by atoms with Crippen LogP contribution in [0.15, 0.2) is 124 Å². The Morgan fingerprint density at radius 1 is 0.818 bits per heavy atom. The fraction of sp³-hybridized carbons (Fsp3) is 0.0370. The molecule has 0 spiro atoms. The highest BCUT2D eigenvalue weighted by molar-refractivity contribution is 7.99. The van der Waals surface area contributed by atoms with Gasteiger partial charge in [-0.15, -0.1) is 0 Å². The van der Waals surface area contributed by atoms with Gasteiger partial charge in [0.25, 0.3) is 5.91 Å². The van der Waals surface area contributed by atoms with Crippen molar-refractivity contribution < 1.29 is 14.4 Å². The Labute approximate surface area is 197 Å². The van der Waals surface area contributed by atoms with Crippen molar-refractivity contribution in [1.82, 2.24) is 0 Å². The molecule has 164 valence electrons. The van der Waals surface area contributed by atoms with E-state index in [2.05, 4.69) is 10.5 Å². The van der Waals surface area contributed by atoms with Crippen molar-refractivity contribution in [2.45, 2.75) is 9.79 Å². The summed E-state index contributed by atoms with van der Waals surface area (Å²) in [5.74, 6) is 1.16. The van der Waals surface area contributed by atoms with Crippen LogP contribution in [-0.2, 0) is 9.63 Å². The van der Waals surface area contributed by atoms with Gasteiger partial charge >= 0.3 is 0 Å². The lowest BCUT2D eigenvalue weighted by atomic mass is 10.2. The standard InChI is InChI=1S/C27H22N2O3S/c30-27(29-25-16-7-8-17-26(25)33-24-14-5-2-6-15-24)20-31-28-19-21-10-9-13-23(18-21)32-22-11-3-1-4-12-22/h1-19H,20H2,(H,29,30)/b28-19+. The van der Waals surface area contributed by atoms with Gasteiger partial charge in [-0.05, 0) is 54.1 Å². The van der Waals surface area contributed by atoms with E-state index in [-0.39, 0.29) is 12.5 Å². The van der Waals surface area contributed by atoms with Crippen LogP contribution >= 0.6 is 11.8 Å². The zero-order chi connectivity index (χ0) is 22.7. The molecule has 0 aliphatic carbocycles. The maximum absolute atomic E-state index is 12.3. The summed E-state index contributed by atoms with van der Waals surface area (Å²) in [4.78, 5) is 19.6. The van der Waals surface area contributed by atoms with Crippen LogP contribution in [0.5, 0.6) is 11.5 Å². The predicted octanol–water partition coefficient (Wildman–Crippen LogP) is 6.62. The van der Waals surface area contributed by atoms with Crippen molar-refractivity contribution in [3.05, 3.63) is 115 Å². The van der Waals surface area contributed by atoms with Crippen LogP contribution in [0.25, 0.3) is 0 Å². The van der Waals surface area contributed by atoms with Crippen LogP contribution in [0.1, 0.15) is 5.56 Å². The molecule has 1 amide bonds. The van der Waals surface area contributed by atoms with E-state index in [1.165, 1.54) is 0 Å². The van der Waals surface area contributed by atoms with Gasteiger partial charge in [0.1, 0.15) is 11.5 Å². The Hall–Kier alpha value is -4.03. The van der Waals surface area contributed by atoms with Crippen LogP contribution in [0.4, 0.5) is 5.69 Å². The van der Waals surface area contributed by atoms with Crippen molar-refractivity contribution in [2.24, 2.45) is 5.16 Å². The zero-order valence-corrected chi connectivity index (χ0v) is 18.6. The molecule has 0 bridgehead atoms. The highest BCUT2D eigenvalue weighted by Crippen LogP contribution is 2.33. The molecular weight excluding hydrogens is 432 g/mol. The summed E-state index contributed by atoms with van der Waals surface area (Å²) in [6.07, 6.45) is 1.55. The van der Waals surface area contributed by atoms with Crippen molar-refractivity contribution in [3.8, 4) is 11.5 Å². The van der Waals surface area contributed by atoms with Crippen LogP contribution in [-0.4, -0.2) is 18.7 Å². The Bertz CT molecular complexity index is 1210. The van der Waals surface area contributed by atoms with Gasteiger partial charge in [0.05, 0.1) is 11.9 Å². The lowest BCUT2D eigenvalue weighted by Crippen LogP contribution is -2.17. The molecule has 0 aromatic heterocycles. The van der Waals surface area contributed by atoms with Crippen molar-refractivity contribution in [2.75, 3.05) is 11.9 Å². The van der Waals surface area contributed by atoms with Crippen LogP contribution in [0.3, 0.4) is 0 Å². The Morgan fingerprint density at radius 2 is 1.52 bits per heavy atom. The van der Waals surface area contributed by atoms with E-state index in [1.54, 1.807) is 18.0 Å². The molecule has 1 N–H and O–H groups in total. The van der Waals surface area contributed by atoms with Gasteiger partial charge in [-0.2, -0.15) is 0 Å². The number of anilines is 1. The smallest absolute Gasteiger partial charge is 0.265 e. The molecule has 6 heteroatoms. The predicted molar refractivity (Wildman–Crippen MR) is 132 cm³/mol. The summed E-state index contributed by atoms with van der Waals surface area (Å²) in [5.41, 5.74) is 1.53. The maximum Gasteiger partial charge on any atom is 0.265 e. The number of ether oxygens (including phenoxy) is 1. The fourth-order valence-corrected chi connectivity index (χ4v) is 3.86. The van der Waals surface area contributed by atoms with E-state index >= 15 is 0 Å². The van der Waals surface area contributed by atoms with E-state index in [4.69, 9.17) is 9.57 Å². The summed E-state index contributed by atoms with van der Waals surface area (Å²) >= 11 is 1.59. The number of hydrogen-bond donors (Lipinski definition) is 1. The van der Waals surface area contributed by atoms with Crippen molar-refractivity contribution >= 4 is 29.6 Å². The van der Waals surface area contributed by atoms with E-state index in [0.29, 0.717) is 5.75 Å². The van der Waals surface area contributed by atoms with Gasteiger partial charge in [-0.1, -0.05) is 77.6 Å². The van der Waals surface area contributed by atoms with Crippen molar-refractivity contribution in [1.29, 1.82) is 0 Å². The Kier molecular flexibility index (Phi) is 7.76. The summed E-state index contributed by atoms with van der Waals surface area (Å²) in [6, 6.07) is 34.7. The molecule has 0 heterocycles. The van der Waals surface area contributed by atoms with Gasteiger partial charge in [-0.25, -0.2) is 0 Å². The quantitative estimate of drug-likeness (QED) is 0.228. The summed E-state index contributed by atoms with van der Waals surface area (Å²) in [5, 5.41) is 6.80. The first-order valence-corrected chi connectivity index (χ1v) is 11.2. The highest BCUT2D eigenvalue weighted by Gasteiger charge is 2.08. The lowest BCUT2D eigenvalue weighted by molar-refractivity contribution is -0.120. The molecule has 0 radical (unpaired) electrons. The normalized spacial score (nSPS) is 10.7. The average molecular weight is 455 g/mol. The lowest BCUT2D eigenvalue weighted by Gasteiger charge is -2.10. The first-order chi connectivity index (χ1) is 16.3. The molecule has 5 nitrogen and oxygen atoms in total. The minimum absolute atomic E-state index is 0.193. The molecular formula is C27H22N2O3S. The SMILES string of the molecule is O=C(CO/N=C/c1cccc(Oc2ccccc2)c1)Nc1ccccc1Sc1ccccc1. The molecule has 0 aliphatic heterocycles. The molecule has 0 fully saturated rings. The van der Waals surface area contributed by atoms with Crippen LogP contribution in [0, 0.1) is 0 Å². The molecule has 0 saturated heterocycles. The van der Waals surface area contributed by atoms with Gasteiger partial charge in [0, 0.05) is 9.79 Å². The molecule has 0 saturated carbocycles. The number of nitrogens with one attached hydrogen (secondary N) is 1. The number of carbonyl (C=O) groups is 1. The molecule has 33 heavy (non-hydrogen) atoms. The van der Waals surface area contributed by atoms with Gasteiger partial charge in [0.2, 0.25) is 0 Å². The first kappa shape index (κ1) is 22.2. The minimum atomic E-state index is -0.283. The molecule has 0 atom stereocenters. The highest BCUT2D eigenvalue weighted by atomic mass is 32.2. The van der Waals surface area contributed by atoms with E-state index in [9.17, 15) is 4.79 Å². The summed E-state index contributed by atoms with van der Waals surface area (Å²) in [7, 11) is 0. The molecule has 0 aliphatic rings. The summed E-state index contributed by atoms with van der Waals surface area (Å²) < 4.78 is 5.82. The number of benzene rings is 4. The third-order valence-electron chi connectivity index (χ3n) is 4.44. The van der Waals surface area contributed by atoms with Gasteiger partial charge in [0.15, 0.2) is 6.61 Å². The maximum atomic E-state index is 12.3. The monoisotopic (exact) mass is 454 g/mol. The number of para-hydroxylation sites is 2. The average Bonchev–Trinajstić information content (AvgIpc) is 2.85. The Balaban J connectivity index is 1.29. The molecule has 4 aromatic rings. The fourth-order valence-electron chi connectivity index (χ4n) is 2.94. The number of nitrogens with zero attached hydrogens (tertiary/aromatic N) is 1. The van der Waals surface area contributed by atoms with Crippen LogP contribution in [0.2, 0.25) is 0 Å². The molecule has 4 rings (SSSR count). The zero-order valence-electron chi connectivity index (χ0n) is 17.8. The van der Waals surface area contributed by atoms with E-state index in [1.807, 2.05) is 109 Å². The van der Waals surface area contributed by atoms with Gasteiger partial charge < -0.3 is 14.9 Å². The van der Waals surface area contributed by atoms with Crippen molar-refractivity contribution in [3.63, 3.8) is 0 Å². The number of carbonyl (C=O) groups excluding carboxylic acids is 1. The first-order valence-electron chi connectivity index (χ1n) is 10.4. The Morgan fingerprint density at radius 3 is 2.33 bits per heavy atom.